The molecule has 0 aromatic heterocycles. The first-order valence-electron chi connectivity index (χ1n) is 5.64. The molecule has 0 amide bonds. The lowest BCUT2D eigenvalue weighted by Gasteiger charge is -2.24. The number of carbonyl (C=O) groups is 2. The third kappa shape index (κ3) is 5.01. The molecule has 1 fully saturated rings. The van der Waals surface area contributed by atoms with E-state index < -0.39 is 33.7 Å². The van der Waals surface area contributed by atoms with Gasteiger partial charge in [-0.15, -0.1) is 0 Å². The van der Waals surface area contributed by atoms with Crippen LogP contribution in [0.1, 0.15) is 25.7 Å². The molecule has 0 heterocycles. The van der Waals surface area contributed by atoms with Gasteiger partial charge in [-0.3, -0.25) is 14.1 Å². The van der Waals surface area contributed by atoms with Crippen molar-refractivity contribution in [3.05, 3.63) is 0 Å². The molecule has 104 valence electrons. The summed E-state index contributed by atoms with van der Waals surface area (Å²) in [6, 6.07) is 0. The third-order valence-corrected chi connectivity index (χ3v) is 3.68. The minimum atomic E-state index is -4.13. The van der Waals surface area contributed by atoms with Crippen molar-refractivity contribution >= 4 is 22.1 Å². The zero-order chi connectivity index (χ0) is 13.8. The number of ether oxygens (including phenoxy) is 1. The Bertz CT molecular complexity index is 406. The first-order valence-corrected chi connectivity index (χ1v) is 7.25. The first-order chi connectivity index (χ1) is 8.29. The van der Waals surface area contributed by atoms with Crippen LogP contribution in [0, 0.1) is 11.8 Å². The van der Waals surface area contributed by atoms with Gasteiger partial charge in [-0.2, -0.15) is 8.42 Å². The van der Waals surface area contributed by atoms with Gasteiger partial charge >= 0.3 is 11.9 Å². The molecule has 1 saturated carbocycles. The summed E-state index contributed by atoms with van der Waals surface area (Å²) in [5.74, 6) is -2.78. The van der Waals surface area contributed by atoms with Gasteiger partial charge in [0.25, 0.3) is 10.1 Å². The molecule has 1 rings (SSSR count). The number of esters is 1. The van der Waals surface area contributed by atoms with Crippen LogP contribution >= 0.6 is 0 Å². The quantitative estimate of drug-likeness (QED) is 0.549. The van der Waals surface area contributed by atoms with Gasteiger partial charge in [0.2, 0.25) is 0 Å². The Balaban J connectivity index is 2.30. The summed E-state index contributed by atoms with van der Waals surface area (Å²) in [6.07, 6.45) is 1.71. The first kappa shape index (κ1) is 14.9. The lowest BCUT2D eigenvalue weighted by atomic mass is 9.82. The Hall–Kier alpha value is -1.15. The Morgan fingerprint density at radius 1 is 1.11 bits per heavy atom. The van der Waals surface area contributed by atoms with E-state index in [1.54, 1.807) is 0 Å². The van der Waals surface area contributed by atoms with Crippen LogP contribution in [0.25, 0.3) is 0 Å². The lowest BCUT2D eigenvalue weighted by Crippen LogP contribution is -2.28. The van der Waals surface area contributed by atoms with Crippen LogP contribution in [0.5, 0.6) is 0 Å². The fraction of sp³-hybridized carbons (Fsp3) is 0.800. The van der Waals surface area contributed by atoms with Gasteiger partial charge < -0.3 is 9.84 Å². The molecular weight excluding hydrogens is 264 g/mol. The third-order valence-electron chi connectivity index (χ3n) is 3.00. The zero-order valence-electron chi connectivity index (χ0n) is 9.74. The molecule has 2 N–H and O–H groups in total. The Labute approximate surface area is 105 Å². The molecule has 7 nitrogen and oxygen atoms in total. The minimum Gasteiger partial charge on any atom is -0.481 e. The van der Waals surface area contributed by atoms with Gasteiger partial charge in [-0.05, 0) is 25.7 Å². The van der Waals surface area contributed by atoms with E-state index in [0.717, 1.165) is 0 Å². The molecule has 1 aliphatic carbocycles. The average molecular weight is 280 g/mol. The largest absolute Gasteiger partial charge is 0.481 e. The predicted octanol–water partition coefficient (Wildman–Crippen LogP) is 0.308. The highest BCUT2D eigenvalue weighted by molar-refractivity contribution is 7.85. The van der Waals surface area contributed by atoms with Gasteiger partial charge in [0.15, 0.2) is 0 Å². The van der Waals surface area contributed by atoms with Gasteiger partial charge in [0.1, 0.15) is 12.4 Å². The van der Waals surface area contributed by atoms with E-state index in [0.29, 0.717) is 25.7 Å². The Morgan fingerprint density at radius 2 is 1.61 bits per heavy atom. The summed E-state index contributed by atoms with van der Waals surface area (Å²) < 4.78 is 34.0. The molecule has 18 heavy (non-hydrogen) atoms. The summed E-state index contributed by atoms with van der Waals surface area (Å²) in [6.45, 7) is -0.378. The summed E-state index contributed by atoms with van der Waals surface area (Å²) in [4.78, 5) is 22.2. The van der Waals surface area contributed by atoms with Gasteiger partial charge in [0.05, 0.1) is 11.8 Å². The van der Waals surface area contributed by atoms with Crippen LogP contribution in [0.4, 0.5) is 0 Å². The van der Waals surface area contributed by atoms with E-state index >= 15 is 0 Å². The smallest absolute Gasteiger partial charge is 0.308 e. The highest BCUT2D eigenvalue weighted by atomic mass is 32.2. The normalized spacial score (nSPS) is 24.5. The van der Waals surface area contributed by atoms with Crippen molar-refractivity contribution in [2.45, 2.75) is 25.7 Å². The highest BCUT2D eigenvalue weighted by Gasteiger charge is 2.30. The number of carbonyl (C=O) groups excluding carboxylic acids is 1. The summed E-state index contributed by atoms with van der Waals surface area (Å²) in [5.41, 5.74) is 0. The van der Waals surface area contributed by atoms with Crippen LogP contribution in [0.2, 0.25) is 0 Å². The summed E-state index contributed by atoms with van der Waals surface area (Å²) >= 11 is 0. The highest BCUT2D eigenvalue weighted by Crippen LogP contribution is 2.29. The van der Waals surface area contributed by atoms with Crippen molar-refractivity contribution in [2.24, 2.45) is 11.8 Å². The molecule has 0 radical (unpaired) electrons. The average Bonchev–Trinajstić information content (AvgIpc) is 2.27. The van der Waals surface area contributed by atoms with E-state index in [1.807, 2.05) is 0 Å². The molecule has 0 aromatic rings. The molecule has 8 heteroatoms. The van der Waals surface area contributed by atoms with E-state index in [2.05, 4.69) is 0 Å². The van der Waals surface area contributed by atoms with Crippen LogP contribution in [0.15, 0.2) is 0 Å². The van der Waals surface area contributed by atoms with Crippen molar-refractivity contribution in [3.8, 4) is 0 Å². The minimum absolute atomic E-state index is 0.373. The van der Waals surface area contributed by atoms with Crippen molar-refractivity contribution in [3.63, 3.8) is 0 Å². The fourth-order valence-corrected chi connectivity index (χ4v) is 2.24. The molecule has 0 unspecified atom stereocenters. The van der Waals surface area contributed by atoms with Crippen molar-refractivity contribution in [2.75, 3.05) is 12.4 Å². The van der Waals surface area contributed by atoms with Gasteiger partial charge in [-0.25, -0.2) is 0 Å². The van der Waals surface area contributed by atoms with Crippen molar-refractivity contribution in [1.29, 1.82) is 0 Å². The van der Waals surface area contributed by atoms with Gasteiger partial charge in [-0.1, -0.05) is 0 Å². The number of rotatable bonds is 5. The van der Waals surface area contributed by atoms with Gasteiger partial charge in [0, 0.05) is 0 Å². The second kappa shape index (κ2) is 6.14. The standard InChI is InChI=1S/C10H16O7S/c11-9(12)7-1-3-8(4-2-7)10(13)17-5-6-18(14,15)16/h7-8H,1-6H2,(H,11,12)(H,14,15,16). The molecule has 0 aliphatic heterocycles. The topological polar surface area (TPSA) is 118 Å². The molecule has 0 bridgehead atoms. The predicted molar refractivity (Wildman–Crippen MR) is 60.5 cm³/mol. The number of hydrogen-bond donors (Lipinski definition) is 2. The fourth-order valence-electron chi connectivity index (χ4n) is 1.94. The Morgan fingerprint density at radius 3 is 2.06 bits per heavy atom. The molecule has 0 spiro atoms. The van der Waals surface area contributed by atoms with E-state index in [4.69, 9.17) is 14.4 Å². The van der Waals surface area contributed by atoms with Crippen LogP contribution in [-0.2, 0) is 24.4 Å². The molecule has 0 atom stereocenters. The van der Waals surface area contributed by atoms with E-state index in [1.165, 1.54) is 0 Å². The maximum atomic E-state index is 11.5. The van der Waals surface area contributed by atoms with Crippen LogP contribution in [0.3, 0.4) is 0 Å². The van der Waals surface area contributed by atoms with Crippen LogP contribution < -0.4 is 0 Å². The number of aliphatic carboxylic acids is 1. The number of carboxylic acids is 1. The maximum Gasteiger partial charge on any atom is 0.308 e. The van der Waals surface area contributed by atoms with E-state index in [-0.39, 0.29) is 12.5 Å². The maximum absolute atomic E-state index is 11.5. The zero-order valence-corrected chi connectivity index (χ0v) is 10.6. The monoisotopic (exact) mass is 280 g/mol. The Kier molecular flexibility index (Phi) is 5.09. The molecule has 0 aromatic carbocycles. The summed E-state index contributed by atoms with van der Waals surface area (Å²) in [5, 5.41) is 8.78. The van der Waals surface area contributed by atoms with Crippen molar-refractivity contribution < 1.29 is 32.4 Å². The van der Waals surface area contributed by atoms with Crippen molar-refractivity contribution in [1.82, 2.24) is 0 Å². The summed E-state index contributed by atoms with van der Waals surface area (Å²) in [7, 11) is -4.13. The second-order valence-electron chi connectivity index (χ2n) is 4.34. The lowest BCUT2D eigenvalue weighted by molar-refractivity contribution is -0.152. The molecule has 1 aliphatic rings. The van der Waals surface area contributed by atoms with E-state index in [9.17, 15) is 18.0 Å². The molecular formula is C10H16O7S. The number of hydrogen-bond acceptors (Lipinski definition) is 5. The second-order valence-corrected chi connectivity index (χ2v) is 5.91. The SMILES string of the molecule is O=C(O)C1CCC(C(=O)OCCS(=O)(=O)O)CC1. The molecule has 0 saturated heterocycles. The van der Waals surface area contributed by atoms with Crippen LogP contribution in [-0.4, -0.2) is 42.4 Å². The number of carboxylic acid groups (broad SMARTS) is 1.